The molecule has 0 bridgehead atoms. The Morgan fingerprint density at radius 3 is 2.50 bits per heavy atom. The first-order valence-corrected chi connectivity index (χ1v) is 5.57. The van der Waals surface area contributed by atoms with Crippen molar-refractivity contribution >= 4 is 40.7 Å². The molecule has 1 aromatic carbocycles. The molecule has 0 atom stereocenters. The Kier molecular flexibility index (Phi) is 12.0. The summed E-state index contributed by atoms with van der Waals surface area (Å²) < 4.78 is 1.14. The predicted molar refractivity (Wildman–Crippen MR) is 78.9 cm³/mol. The quantitative estimate of drug-likeness (QED) is 0.835. The molecule has 0 aliphatic heterocycles. The Balaban J connectivity index is 0. The fourth-order valence-corrected chi connectivity index (χ4v) is 1.63. The molecule has 1 aromatic rings. The summed E-state index contributed by atoms with van der Waals surface area (Å²) in [4.78, 5) is 2.17. The number of halogens is 3. The Hall–Kier alpha value is 0.200. The van der Waals surface area contributed by atoms with Crippen LogP contribution in [0.4, 0.5) is 0 Å². The van der Waals surface area contributed by atoms with Crippen LogP contribution in [0.25, 0.3) is 0 Å². The van der Waals surface area contributed by atoms with E-state index in [1.807, 2.05) is 6.07 Å². The van der Waals surface area contributed by atoms with E-state index in [0.717, 1.165) is 24.1 Å². The highest BCUT2D eigenvalue weighted by molar-refractivity contribution is 9.10. The van der Waals surface area contributed by atoms with Gasteiger partial charge < -0.3 is 10.2 Å². The third-order valence-electron chi connectivity index (χ3n) is 1.95. The SMILES string of the molecule is CN(C)CCNCc1cccc(Br)c1.Cl.Cl. The van der Waals surface area contributed by atoms with Crippen molar-refractivity contribution in [1.82, 2.24) is 10.2 Å². The molecular formula is C11H19BrCl2N2. The van der Waals surface area contributed by atoms with Gasteiger partial charge >= 0.3 is 0 Å². The largest absolute Gasteiger partial charge is 0.311 e. The number of likely N-dealkylation sites (N-methyl/N-ethyl adjacent to an activating group) is 1. The van der Waals surface area contributed by atoms with Crippen LogP contribution in [0.1, 0.15) is 5.56 Å². The minimum absolute atomic E-state index is 0. The summed E-state index contributed by atoms with van der Waals surface area (Å²) in [5.41, 5.74) is 1.32. The van der Waals surface area contributed by atoms with Gasteiger partial charge in [0.15, 0.2) is 0 Å². The molecule has 0 saturated heterocycles. The number of hydrogen-bond donors (Lipinski definition) is 1. The Labute approximate surface area is 119 Å². The number of benzene rings is 1. The van der Waals surface area contributed by atoms with Crippen LogP contribution >= 0.6 is 40.7 Å². The molecule has 1 N–H and O–H groups in total. The number of rotatable bonds is 5. The molecule has 0 spiro atoms. The normalized spacial score (nSPS) is 9.50. The second-order valence-corrected chi connectivity index (χ2v) is 4.53. The molecule has 0 unspecified atom stereocenters. The van der Waals surface area contributed by atoms with Crippen LogP contribution in [0.2, 0.25) is 0 Å². The number of nitrogens with one attached hydrogen (secondary N) is 1. The van der Waals surface area contributed by atoms with Crippen molar-refractivity contribution in [2.75, 3.05) is 27.2 Å². The third kappa shape index (κ3) is 8.36. The zero-order valence-electron chi connectivity index (χ0n) is 9.57. The van der Waals surface area contributed by atoms with Gasteiger partial charge in [0.2, 0.25) is 0 Å². The predicted octanol–water partition coefficient (Wildman–Crippen LogP) is 2.94. The Morgan fingerprint density at radius 1 is 1.25 bits per heavy atom. The van der Waals surface area contributed by atoms with Crippen LogP contribution in [0.15, 0.2) is 28.7 Å². The molecule has 5 heteroatoms. The second kappa shape index (κ2) is 10.4. The van der Waals surface area contributed by atoms with E-state index in [0.29, 0.717) is 0 Å². The molecule has 0 fully saturated rings. The molecule has 0 amide bonds. The first kappa shape index (κ1) is 18.6. The Bertz CT molecular complexity index is 282. The van der Waals surface area contributed by atoms with Gasteiger partial charge in [-0.2, -0.15) is 0 Å². The molecule has 0 heterocycles. The van der Waals surface area contributed by atoms with Gasteiger partial charge in [0.1, 0.15) is 0 Å². The van der Waals surface area contributed by atoms with Crippen molar-refractivity contribution in [3.05, 3.63) is 34.3 Å². The average Bonchev–Trinajstić information content (AvgIpc) is 2.12. The molecule has 2 nitrogen and oxygen atoms in total. The molecule has 16 heavy (non-hydrogen) atoms. The lowest BCUT2D eigenvalue weighted by molar-refractivity contribution is 0.400. The van der Waals surface area contributed by atoms with Gasteiger partial charge in [0.25, 0.3) is 0 Å². The van der Waals surface area contributed by atoms with Gasteiger partial charge in [-0.05, 0) is 31.8 Å². The number of hydrogen-bond acceptors (Lipinski definition) is 2. The molecule has 0 saturated carbocycles. The molecule has 0 aliphatic rings. The molecule has 0 radical (unpaired) electrons. The molecule has 1 rings (SSSR count). The minimum Gasteiger partial charge on any atom is -0.311 e. The lowest BCUT2D eigenvalue weighted by Gasteiger charge is -2.10. The van der Waals surface area contributed by atoms with Crippen LogP contribution < -0.4 is 5.32 Å². The smallest absolute Gasteiger partial charge is 0.0206 e. The van der Waals surface area contributed by atoms with Crippen LogP contribution in [-0.2, 0) is 6.54 Å². The van der Waals surface area contributed by atoms with Crippen molar-refractivity contribution in [1.29, 1.82) is 0 Å². The molecule has 0 aliphatic carbocycles. The van der Waals surface area contributed by atoms with E-state index in [2.05, 4.69) is 58.4 Å². The molecule has 94 valence electrons. The van der Waals surface area contributed by atoms with Crippen molar-refractivity contribution in [2.45, 2.75) is 6.54 Å². The maximum atomic E-state index is 3.46. The summed E-state index contributed by atoms with van der Waals surface area (Å²) in [5.74, 6) is 0. The molecular weight excluding hydrogens is 311 g/mol. The summed E-state index contributed by atoms with van der Waals surface area (Å²) in [7, 11) is 4.17. The highest BCUT2D eigenvalue weighted by Gasteiger charge is 1.93. The van der Waals surface area contributed by atoms with Crippen LogP contribution in [0.3, 0.4) is 0 Å². The minimum atomic E-state index is 0. The van der Waals surface area contributed by atoms with E-state index >= 15 is 0 Å². The van der Waals surface area contributed by atoms with Crippen molar-refractivity contribution in [2.24, 2.45) is 0 Å². The fraction of sp³-hybridized carbons (Fsp3) is 0.455. The average molecular weight is 330 g/mol. The summed E-state index contributed by atoms with van der Waals surface area (Å²) in [6, 6.07) is 8.38. The van der Waals surface area contributed by atoms with Crippen molar-refractivity contribution < 1.29 is 0 Å². The van der Waals surface area contributed by atoms with E-state index in [1.54, 1.807) is 0 Å². The van der Waals surface area contributed by atoms with E-state index < -0.39 is 0 Å². The summed E-state index contributed by atoms with van der Waals surface area (Å²) >= 11 is 3.46. The number of nitrogens with zero attached hydrogens (tertiary/aromatic N) is 1. The first-order valence-electron chi connectivity index (χ1n) is 4.78. The fourth-order valence-electron chi connectivity index (χ4n) is 1.18. The van der Waals surface area contributed by atoms with E-state index in [1.165, 1.54) is 5.56 Å². The van der Waals surface area contributed by atoms with Crippen LogP contribution in [-0.4, -0.2) is 32.1 Å². The summed E-state index contributed by atoms with van der Waals surface area (Å²) in [5, 5.41) is 3.40. The monoisotopic (exact) mass is 328 g/mol. The van der Waals surface area contributed by atoms with Gasteiger partial charge in [0.05, 0.1) is 0 Å². The van der Waals surface area contributed by atoms with E-state index in [-0.39, 0.29) is 24.8 Å². The zero-order valence-corrected chi connectivity index (χ0v) is 12.8. The second-order valence-electron chi connectivity index (χ2n) is 3.61. The van der Waals surface area contributed by atoms with Crippen LogP contribution in [0.5, 0.6) is 0 Å². The molecule has 0 aromatic heterocycles. The van der Waals surface area contributed by atoms with Gasteiger partial charge in [-0.25, -0.2) is 0 Å². The lowest BCUT2D eigenvalue weighted by Crippen LogP contribution is -2.26. The standard InChI is InChI=1S/C11H17BrN2.2ClH/c1-14(2)7-6-13-9-10-4-3-5-11(12)8-10;;/h3-5,8,13H,6-7,9H2,1-2H3;2*1H. The van der Waals surface area contributed by atoms with E-state index in [4.69, 9.17) is 0 Å². The van der Waals surface area contributed by atoms with Crippen molar-refractivity contribution in [3.63, 3.8) is 0 Å². The van der Waals surface area contributed by atoms with Gasteiger partial charge in [-0.3, -0.25) is 0 Å². The topological polar surface area (TPSA) is 15.3 Å². The lowest BCUT2D eigenvalue weighted by atomic mass is 10.2. The zero-order chi connectivity index (χ0) is 10.4. The van der Waals surface area contributed by atoms with Gasteiger partial charge in [-0.1, -0.05) is 28.1 Å². The van der Waals surface area contributed by atoms with Gasteiger partial charge in [0, 0.05) is 24.1 Å². The van der Waals surface area contributed by atoms with E-state index in [9.17, 15) is 0 Å². The first-order chi connectivity index (χ1) is 6.68. The Morgan fingerprint density at radius 2 is 1.94 bits per heavy atom. The highest BCUT2D eigenvalue weighted by Crippen LogP contribution is 2.10. The maximum Gasteiger partial charge on any atom is 0.0206 e. The summed E-state index contributed by atoms with van der Waals surface area (Å²) in [6.45, 7) is 3.04. The van der Waals surface area contributed by atoms with Crippen molar-refractivity contribution in [3.8, 4) is 0 Å². The summed E-state index contributed by atoms with van der Waals surface area (Å²) in [6.07, 6.45) is 0. The maximum absolute atomic E-state index is 3.46. The van der Waals surface area contributed by atoms with Gasteiger partial charge in [-0.15, -0.1) is 24.8 Å². The third-order valence-corrected chi connectivity index (χ3v) is 2.45. The highest BCUT2D eigenvalue weighted by atomic mass is 79.9. The van der Waals surface area contributed by atoms with Crippen LogP contribution in [0, 0.1) is 0 Å².